The van der Waals surface area contributed by atoms with Crippen LogP contribution in [0.2, 0.25) is 0 Å². The first-order valence-electron chi connectivity index (χ1n) is 4.84. The fraction of sp³-hybridized carbons (Fsp3) is 0.0909. The topological polar surface area (TPSA) is 55.1 Å². The molecule has 18 heavy (non-hydrogen) atoms. The van der Waals surface area contributed by atoms with Gasteiger partial charge in [0, 0.05) is 5.69 Å². The molecule has 0 saturated heterocycles. The van der Waals surface area contributed by atoms with E-state index in [9.17, 15) is 18.0 Å². The summed E-state index contributed by atoms with van der Waals surface area (Å²) in [6, 6.07) is 4.10. The van der Waals surface area contributed by atoms with Crippen LogP contribution in [0.1, 0.15) is 16.1 Å². The van der Waals surface area contributed by atoms with Gasteiger partial charge in [-0.25, -0.2) is 4.98 Å². The lowest BCUT2D eigenvalue weighted by molar-refractivity contribution is -0.137. The lowest BCUT2D eigenvalue weighted by atomic mass is 10.2. The minimum atomic E-state index is -4.40. The molecular weight excluding hydrogens is 249 g/mol. The number of carbonyl (C=O) groups is 1. The smallest absolute Gasteiger partial charge is 0.416 e. The number of alkyl halides is 3. The first kappa shape index (κ1) is 12.2. The molecule has 0 bridgehead atoms. The Morgan fingerprint density at radius 3 is 2.39 bits per heavy atom. The second kappa shape index (κ2) is 4.52. The fourth-order valence-electron chi connectivity index (χ4n) is 1.26. The van der Waals surface area contributed by atoms with Crippen LogP contribution in [0.4, 0.5) is 18.9 Å². The molecule has 0 aliphatic heterocycles. The highest BCUT2D eigenvalue weighted by atomic mass is 19.4. The Morgan fingerprint density at radius 1 is 1.22 bits per heavy atom. The number of rotatable bonds is 2. The molecule has 2 rings (SSSR count). The number of nitrogens with zero attached hydrogens (tertiary/aromatic N) is 1. The van der Waals surface area contributed by atoms with Crippen molar-refractivity contribution in [2.75, 3.05) is 5.32 Å². The molecule has 7 heteroatoms. The molecular formula is C11H7F3N2O2. The summed E-state index contributed by atoms with van der Waals surface area (Å²) in [5.74, 6) is -0.595. The molecule has 1 aromatic carbocycles. The van der Waals surface area contributed by atoms with Gasteiger partial charge in [-0.15, -0.1) is 0 Å². The van der Waals surface area contributed by atoms with E-state index in [0.717, 1.165) is 30.7 Å². The summed E-state index contributed by atoms with van der Waals surface area (Å²) >= 11 is 0. The zero-order valence-corrected chi connectivity index (χ0v) is 8.86. The highest BCUT2D eigenvalue weighted by Gasteiger charge is 2.30. The van der Waals surface area contributed by atoms with Gasteiger partial charge in [0.05, 0.1) is 11.8 Å². The van der Waals surface area contributed by atoms with Gasteiger partial charge in [0.2, 0.25) is 5.76 Å². The van der Waals surface area contributed by atoms with E-state index in [0.29, 0.717) is 0 Å². The third-order valence-electron chi connectivity index (χ3n) is 2.13. The van der Waals surface area contributed by atoms with Gasteiger partial charge in [-0.3, -0.25) is 4.79 Å². The van der Waals surface area contributed by atoms with Gasteiger partial charge in [-0.1, -0.05) is 0 Å². The van der Waals surface area contributed by atoms with Gasteiger partial charge in [0.25, 0.3) is 5.91 Å². The van der Waals surface area contributed by atoms with Crippen LogP contribution in [0.15, 0.2) is 41.3 Å². The van der Waals surface area contributed by atoms with Crippen molar-refractivity contribution in [3.05, 3.63) is 48.2 Å². The minimum absolute atomic E-state index is 0.0186. The average Bonchev–Trinajstić information content (AvgIpc) is 2.82. The maximum absolute atomic E-state index is 12.3. The fourth-order valence-corrected chi connectivity index (χ4v) is 1.26. The molecule has 0 aliphatic carbocycles. The number of hydrogen-bond acceptors (Lipinski definition) is 3. The molecule has 0 unspecified atom stereocenters. The molecule has 1 aromatic heterocycles. The first-order chi connectivity index (χ1) is 8.47. The summed E-state index contributed by atoms with van der Waals surface area (Å²) in [6.45, 7) is 0. The van der Waals surface area contributed by atoms with Crippen LogP contribution >= 0.6 is 0 Å². The number of nitrogens with one attached hydrogen (secondary N) is 1. The van der Waals surface area contributed by atoms with E-state index in [1.807, 2.05) is 0 Å². The Kier molecular flexibility index (Phi) is 3.05. The summed E-state index contributed by atoms with van der Waals surface area (Å²) in [7, 11) is 0. The van der Waals surface area contributed by atoms with Gasteiger partial charge in [-0.05, 0) is 24.3 Å². The van der Waals surface area contributed by atoms with Crippen molar-refractivity contribution in [3.8, 4) is 0 Å². The number of halogens is 3. The second-order valence-electron chi connectivity index (χ2n) is 3.39. The normalized spacial score (nSPS) is 11.3. The van der Waals surface area contributed by atoms with Crippen molar-refractivity contribution in [3.63, 3.8) is 0 Å². The number of benzene rings is 1. The number of aromatic nitrogens is 1. The van der Waals surface area contributed by atoms with Crippen LogP contribution in [0.5, 0.6) is 0 Å². The van der Waals surface area contributed by atoms with Crippen molar-refractivity contribution in [1.29, 1.82) is 0 Å². The predicted octanol–water partition coefficient (Wildman–Crippen LogP) is 2.95. The minimum Gasteiger partial charge on any atom is -0.438 e. The molecule has 0 saturated carbocycles. The Bertz CT molecular complexity index is 532. The molecule has 1 amide bonds. The number of oxazole rings is 1. The van der Waals surface area contributed by atoms with Crippen molar-refractivity contribution in [2.24, 2.45) is 0 Å². The van der Waals surface area contributed by atoms with Crippen LogP contribution in [0.3, 0.4) is 0 Å². The molecule has 1 heterocycles. The Balaban J connectivity index is 2.09. The molecule has 2 aromatic rings. The molecule has 4 nitrogen and oxygen atoms in total. The number of carbonyl (C=O) groups excluding carboxylic acids is 1. The predicted molar refractivity (Wildman–Crippen MR) is 55.9 cm³/mol. The van der Waals surface area contributed by atoms with Crippen LogP contribution in [-0.2, 0) is 6.18 Å². The molecule has 0 spiro atoms. The number of amides is 1. The van der Waals surface area contributed by atoms with Crippen molar-refractivity contribution < 1.29 is 22.4 Å². The monoisotopic (exact) mass is 256 g/mol. The van der Waals surface area contributed by atoms with E-state index in [1.165, 1.54) is 6.20 Å². The number of anilines is 1. The maximum atomic E-state index is 12.3. The summed E-state index contributed by atoms with van der Waals surface area (Å²) in [4.78, 5) is 15.0. The van der Waals surface area contributed by atoms with Crippen LogP contribution in [0.25, 0.3) is 0 Å². The lowest BCUT2D eigenvalue weighted by Crippen LogP contribution is -2.11. The zero-order valence-electron chi connectivity index (χ0n) is 8.86. The average molecular weight is 256 g/mol. The van der Waals surface area contributed by atoms with Crippen molar-refractivity contribution >= 4 is 11.6 Å². The van der Waals surface area contributed by atoms with Crippen LogP contribution < -0.4 is 5.32 Å². The van der Waals surface area contributed by atoms with Gasteiger partial charge in [0.15, 0.2) is 6.39 Å². The molecule has 0 atom stereocenters. The number of hydrogen-bond donors (Lipinski definition) is 1. The SMILES string of the molecule is O=C(Nc1ccc(C(F)(F)F)cc1)c1cnco1. The molecule has 94 valence electrons. The van der Waals surface area contributed by atoms with E-state index < -0.39 is 17.6 Å². The summed E-state index contributed by atoms with van der Waals surface area (Å²) < 4.78 is 41.6. The highest BCUT2D eigenvalue weighted by molar-refractivity contribution is 6.01. The Morgan fingerprint density at radius 2 is 1.89 bits per heavy atom. The van der Waals surface area contributed by atoms with Gasteiger partial charge >= 0.3 is 6.18 Å². The van der Waals surface area contributed by atoms with Crippen LogP contribution in [0, 0.1) is 0 Å². The van der Waals surface area contributed by atoms with Gasteiger partial charge < -0.3 is 9.73 Å². The second-order valence-corrected chi connectivity index (χ2v) is 3.39. The molecule has 1 N–H and O–H groups in total. The molecule has 0 radical (unpaired) electrons. The summed E-state index contributed by atoms with van der Waals surface area (Å²) in [5.41, 5.74) is -0.537. The van der Waals surface area contributed by atoms with E-state index in [-0.39, 0.29) is 11.4 Å². The van der Waals surface area contributed by atoms with Crippen molar-refractivity contribution in [2.45, 2.75) is 6.18 Å². The largest absolute Gasteiger partial charge is 0.438 e. The van der Waals surface area contributed by atoms with E-state index in [2.05, 4.69) is 10.3 Å². The van der Waals surface area contributed by atoms with Crippen molar-refractivity contribution in [1.82, 2.24) is 4.98 Å². The lowest BCUT2D eigenvalue weighted by Gasteiger charge is -2.07. The highest BCUT2D eigenvalue weighted by Crippen LogP contribution is 2.29. The summed E-state index contributed by atoms with van der Waals surface area (Å²) in [6.07, 6.45) is -2.10. The maximum Gasteiger partial charge on any atom is 0.416 e. The first-order valence-corrected chi connectivity index (χ1v) is 4.84. The molecule has 0 fully saturated rings. The standard InChI is InChI=1S/C11H7F3N2O2/c12-11(13,14)7-1-3-8(4-2-7)16-10(17)9-5-15-6-18-9/h1-6H,(H,16,17). The van der Waals surface area contributed by atoms with E-state index in [1.54, 1.807) is 0 Å². The summed E-state index contributed by atoms with van der Waals surface area (Å²) in [5, 5.41) is 2.38. The molecule has 0 aliphatic rings. The van der Waals surface area contributed by atoms with Crippen LogP contribution in [-0.4, -0.2) is 10.9 Å². The Labute approximate surface area is 99.4 Å². The zero-order chi connectivity index (χ0) is 13.2. The van der Waals surface area contributed by atoms with Gasteiger partial charge in [-0.2, -0.15) is 13.2 Å². The third kappa shape index (κ3) is 2.68. The van der Waals surface area contributed by atoms with Gasteiger partial charge in [0.1, 0.15) is 0 Å². The quantitative estimate of drug-likeness (QED) is 0.898. The van der Waals surface area contributed by atoms with E-state index in [4.69, 9.17) is 4.42 Å². The Hall–Kier alpha value is -2.31. The third-order valence-corrected chi connectivity index (χ3v) is 2.13. The van der Waals surface area contributed by atoms with E-state index >= 15 is 0 Å².